The first kappa shape index (κ1) is 14.2. The van der Waals surface area contributed by atoms with E-state index >= 15 is 0 Å². The van der Waals surface area contributed by atoms with E-state index in [9.17, 15) is 8.78 Å². The zero-order chi connectivity index (χ0) is 14.9. The van der Waals surface area contributed by atoms with Crippen molar-refractivity contribution in [3.63, 3.8) is 0 Å². The Hall–Kier alpha value is -1.74. The smallest absolute Gasteiger partial charge is 0.166 e. The number of nitrogens with two attached hydrogens (primary N) is 1. The van der Waals surface area contributed by atoms with Gasteiger partial charge in [0.25, 0.3) is 0 Å². The van der Waals surface area contributed by atoms with Gasteiger partial charge >= 0.3 is 0 Å². The van der Waals surface area contributed by atoms with E-state index in [4.69, 9.17) is 5.73 Å². The van der Waals surface area contributed by atoms with Crippen molar-refractivity contribution in [1.29, 1.82) is 0 Å². The van der Waals surface area contributed by atoms with Crippen molar-refractivity contribution < 1.29 is 8.78 Å². The van der Waals surface area contributed by atoms with Crippen molar-refractivity contribution in [2.24, 2.45) is 5.73 Å². The van der Waals surface area contributed by atoms with Crippen LogP contribution in [0.1, 0.15) is 37.7 Å². The standard InChI is InChI=1S/C18H19F2N/c19-16-12-14(18(21)9-5-2-6-10-18)11-15(17(16)20)13-7-3-1-4-8-13/h1,3-4,7-8,11-12H,2,5-6,9-10,21H2. The normalized spacial score (nSPS) is 17.7. The summed E-state index contributed by atoms with van der Waals surface area (Å²) in [5, 5.41) is 0. The summed E-state index contributed by atoms with van der Waals surface area (Å²) in [5.41, 5.74) is 7.60. The summed E-state index contributed by atoms with van der Waals surface area (Å²) in [5.74, 6) is -1.62. The molecule has 0 bridgehead atoms. The second-order valence-corrected chi connectivity index (χ2v) is 5.90. The number of benzene rings is 2. The molecule has 0 heterocycles. The van der Waals surface area contributed by atoms with E-state index in [1.54, 1.807) is 18.2 Å². The van der Waals surface area contributed by atoms with Gasteiger partial charge in [-0.3, -0.25) is 0 Å². The molecule has 1 aliphatic carbocycles. The highest BCUT2D eigenvalue weighted by molar-refractivity contribution is 5.65. The highest BCUT2D eigenvalue weighted by Crippen LogP contribution is 2.37. The molecule has 0 aliphatic heterocycles. The minimum Gasteiger partial charge on any atom is -0.321 e. The SMILES string of the molecule is NC1(c2cc(F)c(F)c(-c3ccccc3)c2)CCCCC1. The monoisotopic (exact) mass is 287 g/mol. The third-order valence-electron chi connectivity index (χ3n) is 4.43. The lowest BCUT2D eigenvalue weighted by molar-refractivity contribution is 0.301. The predicted octanol–water partition coefficient (Wildman–Crippen LogP) is 4.75. The highest BCUT2D eigenvalue weighted by atomic mass is 19.2. The lowest BCUT2D eigenvalue weighted by Gasteiger charge is -2.34. The Labute approximate surface area is 123 Å². The van der Waals surface area contributed by atoms with Crippen LogP contribution in [0.4, 0.5) is 8.78 Å². The van der Waals surface area contributed by atoms with Crippen molar-refractivity contribution in [3.05, 3.63) is 59.7 Å². The Morgan fingerprint density at radius 1 is 0.905 bits per heavy atom. The molecule has 0 spiro atoms. The third kappa shape index (κ3) is 2.70. The maximum Gasteiger partial charge on any atom is 0.166 e. The van der Waals surface area contributed by atoms with Gasteiger partial charge in [0, 0.05) is 11.1 Å². The second kappa shape index (κ2) is 5.57. The summed E-state index contributed by atoms with van der Waals surface area (Å²) in [6, 6.07) is 12.0. The summed E-state index contributed by atoms with van der Waals surface area (Å²) >= 11 is 0. The third-order valence-corrected chi connectivity index (χ3v) is 4.43. The van der Waals surface area contributed by atoms with E-state index in [1.165, 1.54) is 6.07 Å². The zero-order valence-corrected chi connectivity index (χ0v) is 11.9. The minimum atomic E-state index is -0.818. The molecule has 3 heteroatoms. The van der Waals surface area contributed by atoms with Gasteiger partial charge < -0.3 is 5.73 Å². The molecular weight excluding hydrogens is 268 g/mol. The topological polar surface area (TPSA) is 26.0 Å². The number of hydrogen-bond acceptors (Lipinski definition) is 1. The van der Waals surface area contributed by atoms with Gasteiger partial charge in [-0.1, -0.05) is 49.6 Å². The van der Waals surface area contributed by atoms with Crippen LogP contribution >= 0.6 is 0 Å². The van der Waals surface area contributed by atoms with E-state index in [2.05, 4.69) is 0 Å². The summed E-state index contributed by atoms with van der Waals surface area (Å²) < 4.78 is 28.2. The largest absolute Gasteiger partial charge is 0.321 e. The molecule has 1 aliphatic rings. The number of hydrogen-bond donors (Lipinski definition) is 1. The first-order valence-electron chi connectivity index (χ1n) is 7.44. The van der Waals surface area contributed by atoms with Gasteiger partial charge in [-0.05, 0) is 36.1 Å². The molecule has 0 unspecified atom stereocenters. The van der Waals surface area contributed by atoms with Crippen LogP contribution < -0.4 is 5.73 Å². The molecular formula is C18H19F2N. The number of rotatable bonds is 2. The molecule has 1 saturated carbocycles. The Bertz CT molecular complexity index is 631. The van der Waals surface area contributed by atoms with Crippen molar-refractivity contribution >= 4 is 0 Å². The lowest BCUT2D eigenvalue weighted by Crippen LogP contribution is -2.38. The second-order valence-electron chi connectivity index (χ2n) is 5.90. The molecule has 1 fully saturated rings. The van der Waals surface area contributed by atoms with E-state index < -0.39 is 17.2 Å². The molecule has 21 heavy (non-hydrogen) atoms. The Kier molecular flexibility index (Phi) is 3.77. The first-order chi connectivity index (χ1) is 10.1. The molecule has 0 atom stereocenters. The molecule has 1 nitrogen and oxygen atoms in total. The van der Waals surface area contributed by atoms with Crippen molar-refractivity contribution in [2.75, 3.05) is 0 Å². The fraction of sp³-hybridized carbons (Fsp3) is 0.333. The quantitative estimate of drug-likeness (QED) is 0.847. The average molecular weight is 287 g/mol. The maximum absolute atomic E-state index is 14.1. The van der Waals surface area contributed by atoms with Crippen molar-refractivity contribution in [1.82, 2.24) is 0 Å². The minimum absolute atomic E-state index is 0.293. The van der Waals surface area contributed by atoms with Gasteiger partial charge in [0.05, 0.1) is 0 Å². The molecule has 2 aromatic rings. The van der Waals surface area contributed by atoms with Crippen molar-refractivity contribution in [3.8, 4) is 11.1 Å². The van der Waals surface area contributed by atoms with Crippen LogP contribution in [0.3, 0.4) is 0 Å². The maximum atomic E-state index is 14.1. The number of halogens is 2. The van der Waals surface area contributed by atoms with Crippen LogP contribution in [-0.2, 0) is 5.54 Å². The van der Waals surface area contributed by atoms with Crippen LogP contribution in [0.2, 0.25) is 0 Å². The summed E-state index contributed by atoms with van der Waals surface area (Å²) in [6.45, 7) is 0. The van der Waals surface area contributed by atoms with Gasteiger partial charge in [0.2, 0.25) is 0 Å². The van der Waals surface area contributed by atoms with E-state index in [-0.39, 0.29) is 0 Å². The van der Waals surface area contributed by atoms with Crippen LogP contribution in [0.15, 0.2) is 42.5 Å². The van der Waals surface area contributed by atoms with E-state index in [1.807, 2.05) is 18.2 Å². The summed E-state index contributed by atoms with van der Waals surface area (Å²) in [4.78, 5) is 0. The van der Waals surface area contributed by atoms with Gasteiger partial charge in [-0.25, -0.2) is 8.78 Å². The molecule has 3 rings (SSSR count). The molecule has 2 N–H and O–H groups in total. The molecule has 0 radical (unpaired) electrons. The summed E-state index contributed by atoms with van der Waals surface area (Å²) in [6.07, 6.45) is 4.89. The van der Waals surface area contributed by atoms with E-state index in [0.717, 1.165) is 32.1 Å². The fourth-order valence-corrected chi connectivity index (χ4v) is 3.18. The van der Waals surface area contributed by atoms with Crippen LogP contribution in [0, 0.1) is 11.6 Å². The Morgan fingerprint density at radius 3 is 2.24 bits per heavy atom. The zero-order valence-electron chi connectivity index (χ0n) is 11.9. The van der Waals surface area contributed by atoms with Gasteiger partial charge in [-0.2, -0.15) is 0 Å². The van der Waals surface area contributed by atoms with Crippen molar-refractivity contribution in [2.45, 2.75) is 37.6 Å². The summed E-state index contributed by atoms with van der Waals surface area (Å²) in [7, 11) is 0. The Balaban J connectivity index is 2.10. The highest BCUT2D eigenvalue weighted by Gasteiger charge is 2.31. The van der Waals surface area contributed by atoms with Crippen LogP contribution in [-0.4, -0.2) is 0 Å². The molecule has 0 amide bonds. The van der Waals surface area contributed by atoms with Crippen LogP contribution in [0.5, 0.6) is 0 Å². The first-order valence-corrected chi connectivity index (χ1v) is 7.44. The molecule has 2 aromatic carbocycles. The van der Waals surface area contributed by atoms with Gasteiger partial charge in [0.15, 0.2) is 11.6 Å². The lowest BCUT2D eigenvalue weighted by atomic mass is 9.77. The fourth-order valence-electron chi connectivity index (χ4n) is 3.18. The molecule has 0 aromatic heterocycles. The predicted molar refractivity (Wildman–Crippen MR) is 80.7 cm³/mol. The van der Waals surface area contributed by atoms with Gasteiger partial charge in [-0.15, -0.1) is 0 Å². The molecule has 0 saturated heterocycles. The average Bonchev–Trinajstić information content (AvgIpc) is 2.51. The van der Waals surface area contributed by atoms with E-state index in [0.29, 0.717) is 16.7 Å². The Morgan fingerprint density at radius 2 is 1.57 bits per heavy atom. The molecule has 110 valence electrons. The van der Waals surface area contributed by atoms with Crippen LogP contribution in [0.25, 0.3) is 11.1 Å². The van der Waals surface area contributed by atoms with Gasteiger partial charge in [0.1, 0.15) is 0 Å².